The summed E-state index contributed by atoms with van der Waals surface area (Å²) in [7, 11) is 2.13. The fourth-order valence-corrected chi connectivity index (χ4v) is 3.18. The van der Waals surface area contributed by atoms with Crippen molar-refractivity contribution in [3.05, 3.63) is 49.0 Å². The van der Waals surface area contributed by atoms with Gasteiger partial charge in [-0.25, -0.2) is 9.97 Å². The molecule has 0 unspecified atom stereocenters. The Hall–Kier alpha value is -3.59. The summed E-state index contributed by atoms with van der Waals surface area (Å²) < 4.78 is 10.9. The zero-order valence-corrected chi connectivity index (χ0v) is 15.9. The van der Waals surface area contributed by atoms with E-state index in [2.05, 4.69) is 37.0 Å². The van der Waals surface area contributed by atoms with E-state index in [9.17, 15) is 0 Å². The van der Waals surface area contributed by atoms with Crippen molar-refractivity contribution in [2.45, 2.75) is 0 Å². The molecular formula is C20H19N7O2. The minimum absolute atomic E-state index is 0.283. The van der Waals surface area contributed by atoms with Gasteiger partial charge in [0.2, 0.25) is 11.7 Å². The van der Waals surface area contributed by atoms with E-state index in [0.29, 0.717) is 23.1 Å². The molecule has 4 aromatic heterocycles. The summed E-state index contributed by atoms with van der Waals surface area (Å²) in [6.45, 7) is 3.92. The second kappa shape index (κ2) is 7.44. The lowest BCUT2D eigenvalue weighted by atomic mass is 10.3. The molecule has 0 aliphatic carbocycles. The van der Waals surface area contributed by atoms with Gasteiger partial charge in [-0.2, -0.15) is 4.98 Å². The largest absolute Gasteiger partial charge is 0.444 e. The van der Waals surface area contributed by atoms with Gasteiger partial charge in [0.15, 0.2) is 5.69 Å². The van der Waals surface area contributed by atoms with Gasteiger partial charge in [-0.05, 0) is 31.3 Å². The van der Waals surface area contributed by atoms with Crippen molar-refractivity contribution in [3.8, 4) is 34.6 Å². The highest BCUT2D eigenvalue weighted by Gasteiger charge is 2.19. The van der Waals surface area contributed by atoms with Crippen LogP contribution in [0.5, 0.6) is 0 Å². The first-order chi connectivity index (χ1) is 14.3. The number of pyridine rings is 2. The Balaban J connectivity index is 1.38. The molecule has 9 nitrogen and oxygen atoms in total. The maximum atomic E-state index is 5.52. The average molecular weight is 389 g/mol. The Morgan fingerprint density at radius 1 is 0.897 bits per heavy atom. The molecule has 0 radical (unpaired) electrons. The molecule has 0 atom stereocenters. The van der Waals surface area contributed by atoms with Gasteiger partial charge in [-0.1, -0.05) is 11.2 Å². The van der Waals surface area contributed by atoms with Crippen molar-refractivity contribution in [1.82, 2.24) is 30.0 Å². The first kappa shape index (κ1) is 17.5. The number of oxazole rings is 1. The van der Waals surface area contributed by atoms with Gasteiger partial charge in [0, 0.05) is 38.6 Å². The summed E-state index contributed by atoms with van der Waals surface area (Å²) in [6, 6.07) is 9.53. The van der Waals surface area contributed by atoms with Crippen LogP contribution < -0.4 is 4.90 Å². The molecule has 4 aromatic rings. The van der Waals surface area contributed by atoms with Crippen LogP contribution in [0, 0.1) is 0 Å². The molecule has 5 heterocycles. The zero-order chi connectivity index (χ0) is 19.6. The zero-order valence-electron chi connectivity index (χ0n) is 15.9. The average Bonchev–Trinajstić information content (AvgIpc) is 3.45. The predicted molar refractivity (Wildman–Crippen MR) is 106 cm³/mol. The normalized spacial score (nSPS) is 15.0. The van der Waals surface area contributed by atoms with Crippen LogP contribution in [0.1, 0.15) is 0 Å². The minimum Gasteiger partial charge on any atom is -0.444 e. The molecule has 146 valence electrons. The first-order valence-electron chi connectivity index (χ1n) is 9.37. The monoisotopic (exact) mass is 389 g/mol. The Kier molecular flexibility index (Phi) is 4.49. The van der Waals surface area contributed by atoms with Crippen LogP contribution in [0.15, 0.2) is 57.9 Å². The van der Waals surface area contributed by atoms with Crippen molar-refractivity contribution in [2.24, 2.45) is 0 Å². The molecule has 0 N–H and O–H groups in total. The van der Waals surface area contributed by atoms with Crippen LogP contribution in [0.2, 0.25) is 0 Å². The molecule has 1 saturated heterocycles. The molecule has 0 saturated carbocycles. The molecule has 0 aromatic carbocycles. The molecule has 1 fully saturated rings. The third kappa shape index (κ3) is 3.59. The number of rotatable bonds is 4. The highest BCUT2D eigenvalue weighted by Crippen LogP contribution is 2.25. The summed E-state index contributed by atoms with van der Waals surface area (Å²) in [5.41, 5.74) is 1.91. The molecule has 1 aliphatic rings. The van der Waals surface area contributed by atoms with Crippen LogP contribution in [-0.2, 0) is 0 Å². The number of anilines is 1. The highest BCUT2D eigenvalue weighted by molar-refractivity contribution is 5.59. The van der Waals surface area contributed by atoms with E-state index >= 15 is 0 Å². The van der Waals surface area contributed by atoms with Gasteiger partial charge in [0.1, 0.15) is 17.8 Å². The molecular weight excluding hydrogens is 370 g/mol. The number of likely N-dealkylation sites (N-methyl/N-ethyl adjacent to an activating group) is 1. The fraction of sp³-hybridized carbons (Fsp3) is 0.250. The Labute approximate surface area is 167 Å². The number of hydrogen-bond donors (Lipinski definition) is 0. The second-order valence-corrected chi connectivity index (χ2v) is 6.87. The van der Waals surface area contributed by atoms with E-state index < -0.39 is 0 Å². The van der Waals surface area contributed by atoms with Gasteiger partial charge in [-0.15, -0.1) is 0 Å². The van der Waals surface area contributed by atoms with Crippen molar-refractivity contribution in [1.29, 1.82) is 0 Å². The molecule has 1 aliphatic heterocycles. The SMILES string of the molecule is CN1CCN(c2cccc(-c3noc(-c4coc(-c5cccnc5)n4)n3)n2)CC1. The van der Waals surface area contributed by atoms with Crippen molar-refractivity contribution < 1.29 is 8.94 Å². The maximum Gasteiger partial charge on any atom is 0.280 e. The van der Waals surface area contributed by atoms with Crippen LogP contribution in [0.25, 0.3) is 34.6 Å². The number of hydrogen-bond acceptors (Lipinski definition) is 9. The molecule has 0 bridgehead atoms. The summed E-state index contributed by atoms with van der Waals surface area (Å²) in [5, 5.41) is 4.07. The highest BCUT2D eigenvalue weighted by atomic mass is 16.5. The maximum absolute atomic E-state index is 5.52. The van der Waals surface area contributed by atoms with Gasteiger partial charge in [0.05, 0.1) is 5.56 Å². The van der Waals surface area contributed by atoms with Crippen LogP contribution in [0.4, 0.5) is 5.82 Å². The smallest absolute Gasteiger partial charge is 0.280 e. The van der Waals surface area contributed by atoms with Crippen LogP contribution in [0.3, 0.4) is 0 Å². The predicted octanol–water partition coefficient (Wildman–Crippen LogP) is 2.60. The minimum atomic E-state index is 0.283. The van der Waals surface area contributed by atoms with E-state index in [0.717, 1.165) is 37.6 Å². The topological polar surface area (TPSA) is 97.2 Å². The summed E-state index contributed by atoms with van der Waals surface area (Å²) >= 11 is 0. The van der Waals surface area contributed by atoms with E-state index in [-0.39, 0.29) is 5.89 Å². The third-order valence-electron chi connectivity index (χ3n) is 4.85. The Bertz CT molecular complexity index is 1100. The fourth-order valence-electron chi connectivity index (χ4n) is 3.18. The van der Waals surface area contributed by atoms with Crippen molar-refractivity contribution in [3.63, 3.8) is 0 Å². The number of aromatic nitrogens is 5. The molecule has 29 heavy (non-hydrogen) atoms. The van der Waals surface area contributed by atoms with Crippen molar-refractivity contribution >= 4 is 5.82 Å². The third-order valence-corrected chi connectivity index (χ3v) is 4.85. The van der Waals surface area contributed by atoms with E-state index in [4.69, 9.17) is 13.9 Å². The summed E-state index contributed by atoms with van der Waals surface area (Å²) in [5.74, 6) is 2.07. The van der Waals surface area contributed by atoms with Crippen LogP contribution in [-0.4, -0.2) is 63.2 Å². The van der Waals surface area contributed by atoms with Gasteiger partial charge >= 0.3 is 0 Å². The van der Waals surface area contributed by atoms with Gasteiger partial charge in [0.25, 0.3) is 5.89 Å². The molecule has 9 heteroatoms. The number of nitrogens with zero attached hydrogens (tertiary/aromatic N) is 7. The van der Waals surface area contributed by atoms with Crippen molar-refractivity contribution in [2.75, 3.05) is 38.1 Å². The molecule has 0 amide bonds. The van der Waals surface area contributed by atoms with E-state index in [1.165, 1.54) is 6.26 Å². The number of piperazine rings is 1. The van der Waals surface area contributed by atoms with E-state index in [1.807, 2.05) is 30.3 Å². The Morgan fingerprint density at radius 3 is 2.62 bits per heavy atom. The summed E-state index contributed by atoms with van der Waals surface area (Å²) in [6.07, 6.45) is 4.87. The molecule has 5 rings (SSSR count). The van der Waals surface area contributed by atoms with E-state index in [1.54, 1.807) is 12.4 Å². The quantitative estimate of drug-likeness (QED) is 0.521. The molecule has 0 spiro atoms. The van der Waals surface area contributed by atoms with Crippen LogP contribution >= 0.6 is 0 Å². The van der Waals surface area contributed by atoms with Gasteiger partial charge < -0.3 is 18.7 Å². The summed E-state index contributed by atoms with van der Waals surface area (Å²) in [4.78, 5) is 22.2. The standard InChI is InChI=1S/C20H19N7O2/c1-26-8-10-27(11-9-26)17-6-2-5-15(22-17)18-24-20(29-25-18)16-13-28-19(23-16)14-4-3-7-21-12-14/h2-7,12-13H,8-11H2,1H3. The lowest BCUT2D eigenvalue weighted by molar-refractivity contribution is 0.312. The lowest BCUT2D eigenvalue weighted by Crippen LogP contribution is -2.44. The second-order valence-electron chi connectivity index (χ2n) is 6.87. The first-order valence-corrected chi connectivity index (χ1v) is 9.37. The van der Waals surface area contributed by atoms with Gasteiger partial charge in [-0.3, -0.25) is 4.98 Å². The Morgan fingerprint density at radius 2 is 1.79 bits per heavy atom. The lowest BCUT2D eigenvalue weighted by Gasteiger charge is -2.33.